The zero-order valence-electron chi connectivity index (χ0n) is 18.7. The SMILES string of the molecule is Cc1ccc(CN(Cc2ccccc2)C(=O)CN(C(=O)C(Cl)c2ccccc2)C(C)C)o1. The van der Waals surface area contributed by atoms with E-state index in [9.17, 15) is 9.59 Å². The van der Waals surface area contributed by atoms with E-state index in [4.69, 9.17) is 16.0 Å². The van der Waals surface area contributed by atoms with Gasteiger partial charge in [0.2, 0.25) is 11.8 Å². The van der Waals surface area contributed by atoms with Crippen molar-refractivity contribution in [3.63, 3.8) is 0 Å². The summed E-state index contributed by atoms with van der Waals surface area (Å²) in [6.07, 6.45) is 0. The van der Waals surface area contributed by atoms with Crippen molar-refractivity contribution in [3.8, 4) is 0 Å². The van der Waals surface area contributed by atoms with Crippen LogP contribution in [0.15, 0.2) is 77.2 Å². The Morgan fingerprint density at radius 1 is 0.906 bits per heavy atom. The minimum atomic E-state index is -0.846. The van der Waals surface area contributed by atoms with Crippen molar-refractivity contribution in [2.45, 2.75) is 45.3 Å². The summed E-state index contributed by atoms with van der Waals surface area (Å²) in [4.78, 5) is 29.8. The quantitative estimate of drug-likeness (QED) is 0.412. The monoisotopic (exact) mass is 452 g/mol. The van der Waals surface area contributed by atoms with Crippen molar-refractivity contribution in [1.82, 2.24) is 9.80 Å². The number of carbonyl (C=O) groups is 2. The van der Waals surface area contributed by atoms with Crippen LogP contribution in [0.3, 0.4) is 0 Å². The summed E-state index contributed by atoms with van der Waals surface area (Å²) in [7, 11) is 0. The molecule has 0 fully saturated rings. The van der Waals surface area contributed by atoms with Gasteiger partial charge < -0.3 is 14.2 Å². The van der Waals surface area contributed by atoms with E-state index >= 15 is 0 Å². The van der Waals surface area contributed by atoms with E-state index < -0.39 is 5.38 Å². The van der Waals surface area contributed by atoms with Crippen molar-refractivity contribution in [3.05, 3.63) is 95.4 Å². The van der Waals surface area contributed by atoms with Gasteiger partial charge in [-0.15, -0.1) is 11.6 Å². The number of carbonyl (C=O) groups excluding carboxylic acids is 2. The minimum Gasteiger partial charge on any atom is -0.464 e. The van der Waals surface area contributed by atoms with Crippen LogP contribution in [0.25, 0.3) is 0 Å². The minimum absolute atomic E-state index is 0.0565. The second kappa shape index (κ2) is 11.0. The first-order valence-electron chi connectivity index (χ1n) is 10.7. The van der Waals surface area contributed by atoms with Gasteiger partial charge in [-0.05, 0) is 44.0 Å². The third kappa shape index (κ3) is 6.24. The van der Waals surface area contributed by atoms with Crippen LogP contribution in [0.5, 0.6) is 0 Å². The van der Waals surface area contributed by atoms with Gasteiger partial charge in [0.25, 0.3) is 0 Å². The lowest BCUT2D eigenvalue weighted by Crippen LogP contribution is -2.46. The van der Waals surface area contributed by atoms with Gasteiger partial charge in [0, 0.05) is 12.6 Å². The second-order valence-electron chi connectivity index (χ2n) is 8.08. The number of alkyl halides is 1. The molecule has 168 valence electrons. The van der Waals surface area contributed by atoms with Crippen LogP contribution >= 0.6 is 11.6 Å². The lowest BCUT2D eigenvalue weighted by atomic mass is 10.1. The normalized spacial score (nSPS) is 11.9. The smallest absolute Gasteiger partial charge is 0.245 e. The predicted molar refractivity (Wildman–Crippen MR) is 126 cm³/mol. The summed E-state index contributed by atoms with van der Waals surface area (Å²) >= 11 is 6.49. The van der Waals surface area contributed by atoms with Crippen LogP contribution in [-0.2, 0) is 22.7 Å². The molecule has 32 heavy (non-hydrogen) atoms. The van der Waals surface area contributed by atoms with Gasteiger partial charge in [-0.25, -0.2) is 0 Å². The highest BCUT2D eigenvalue weighted by Crippen LogP contribution is 2.24. The molecule has 0 aliphatic rings. The highest BCUT2D eigenvalue weighted by atomic mass is 35.5. The molecule has 0 bridgehead atoms. The molecule has 1 aromatic heterocycles. The molecule has 0 saturated carbocycles. The number of nitrogens with zero attached hydrogens (tertiary/aromatic N) is 2. The van der Waals surface area contributed by atoms with Crippen molar-refractivity contribution in [2.75, 3.05) is 6.54 Å². The Hall–Kier alpha value is -3.05. The summed E-state index contributed by atoms with van der Waals surface area (Å²) in [6, 6.07) is 22.5. The average Bonchev–Trinajstić information content (AvgIpc) is 3.21. The number of amides is 2. The maximum Gasteiger partial charge on any atom is 0.245 e. The van der Waals surface area contributed by atoms with Crippen molar-refractivity contribution >= 4 is 23.4 Å². The van der Waals surface area contributed by atoms with Crippen LogP contribution < -0.4 is 0 Å². The lowest BCUT2D eigenvalue weighted by molar-refractivity contribution is -0.142. The molecule has 0 aliphatic carbocycles. The zero-order chi connectivity index (χ0) is 23.1. The summed E-state index contributed by atoms with van der Waals surface area (Å²) in [5.74, 6) is 1.05. The van der Waals surface area contributed by atoms with Crippen LogP contribution in [0, 0.1) is 6.92 Å². The summed E-state index contributed by atoms with van der Waals surface area (Å²) in [5.41, 5.74) is 1.72. The molecule has 6 heteroatoms. The Morgan fingerprint density at radius 2 is 1.53 bits per heavy atom. The molecule has 1 heterocycles. The van der Waals surface area contributed by atoms with E-state index in [1.165, 1.54) is 0 Å². The molecule has 0 aliphatic heterocycles. The van der Waals surface area contributed by atoms with Crippen LogP contribution in [0.1, 0.15) is 41.9 Å². The Morgan fingerprint density at radius 3 is 2.09 bits per heavy atom. The Kier molecular flexibility index (Phi) is 8.12. The van der Waals surface area contributed by atoms with Crippen molar-refractivity contribution < 1.29 is 14.0 Å². The van der Waals surface area contributed by atoms with E-state index in [0.29, 0.717) is 24.4 Å². The molecule has 5 nitrogen and oxygen atoms in total. The van der Waals surface area contributed by atoms with Crippen LogP contribution in [-0.4, -0.2) is 34.2 Å². The second-order valence-corrected chi connectivity index (χ2v) is 8.52. The fourth-order valence-corrected chi connectivity index (χ4v) is 3.74. The van der Waals surface area contributed by atoms with Crippen molar-refractivity contribution in [1.29, 1.82) is 0 Å². The Balaban J connectivity index is 1.78. The molecule has 1 unspecified atom stereocenters. The summed E-state index contributed by atoms with van der Waals surface area (Å²) in [5, 5.41) is -0.846. The molecule has 0 spiro atoms. The fraction of sp³-hybridized carbons (Fsp3) is 0.308. The molecule has 1 atom stereocenters. The summed E-state index contributed by atoms with van der Waals surface area (Å²) in [6.45, 7) is 6.33. The van der Waals surface area contributed by atoms with E-state index in [1.807, 2.05) is 93.6 Å². The first kappa shape index (κ1) is 23.6. The molecule has 2 aromatic carbocycles. The van der Waals surface area contributed by atoms with Gasteiger partial charge in [-0.1, -0.05) is 60.7 Å². The van der Waals surface area contributed by atoms with Gasteiger partial charge in [-0.2, -0.15) is 0 Å². The lowest BCUT2D eigenvalue weighted by Gasteiger charge is -2.31. The van der Waals surface area contributed by atoms with Gasteiger partial charge in [-0.3, -0.25) is 9.59 Å². The molecule has 2 amide bonds. The number of benzene rings is 2. The van der Waals surface area contributed by atoms with E-state index in [0.717, 1.165) is 11.3 Å². The number of hydrogen-bond donors (Lipinski definition) is 0. The van der Waals surface area contributed by atoms with Gasteiger partial charge >= 0.3 is 0 Å². The number of hydrogen-bond acceptors (Lipinski definition) is 3. The van der Waals surface area contributed by atoms with Crippen LogP contribution in [0.4, 0.5) is 0 Å². The Labute approximate surface area is 194 Å². The van der Waals surface area contributed by atoms with Gasteiger partial charge in [0.15, 0.2) is 0 Å². The highest BCUT2D eigenvalue weighted by molar-refractivity contribution is 6.30. The molecular formula is C26H29ClN2O3. The first-order chi connectivity index (χ1) is 15.3. The molecule has 0 N–H and O–H groups in total. The number of furan rings is 1. The Bertz CT molecular complexity index is 1020. The highest BCUT2D eigenvalue weighted by Gasteiger charge is 2.29. The average molecular weight is 453 g/mol. The molecule has 0 saturated heterocycles. The van der Waals surface area contributed by atoms with E-state index in [1.54, 1.807) is 9.80 Å². The third-order valence-corrected chi connectivity index (χ3v) is 5.67. The standard InChI is InChI=1S/C26H29ClN2O3/c1-19(2)29(26(31)25(27)22-12-8-5-9-13-22)18-24(30)28(16-21-10-6-4-7-11-21)17-23-15-14-20(3)32-23/h4-15,19,25H,16-18H2,1-3H3. The maximum atomic E-state index is 13.4. The van der Waals surface area contributed by atoms with Gasteiger partial charge in [0.1, 0.15) is 23.4 Å². The summed E-state index contributed by atoms with van der Waals surface area (Å²) < 4.78 is 5.70. The number of halogens is 1. The number of rotatable bonds is 9. The molecule has 0 radical (unpaired) electrons. The maximum absolute atomic E-state index is 13.4. The first-order valence-corrected chi connectivity index (χ1v) is 11.2. The zero-order valence-corrected chi connectivity index (χ0v) is 19.5. The third-order valence-electron chi connectivity index (χ3n) is 5.23. The van der Waals surface area contributed by atoms with Crippen LogP contribution in [0.2, 0.25) is 0 Å². The molecule has 3 aromatic rings. The molecule has 3 rings (SSSR count). The predicted octanol–water partition coefficient (Wildman–Crippen LogP) is 5.33. The van der Waals surface area contributed by atoms with Crippen molar-refractivity contribution in [2.24, 2.45) is 0 Å². The number of aryl methyl sites for hydroxylation is 1. The largest absolute Gasteiger partial charge is 0.464 e. The van der Waals surface area contributed by atoms with Gasteiger partial charge in [0.05, 0.1) is 6.54 Å². The van der Waals surface area contributed by atoms with E-state index in [2.05, 4.69) is 0 Å². The fourth-order valence-electron chi connectivity index (χ4n) is 3.47. The molecular weight excluding hydrogens is 424 g/mol. The van der Waals surface area contributed by atoms with E-state index in [-0.39, 0.29) is 24.4 Å². The topological polar surface area (TPSA) is 53.8 Å².